The number of rotatable bonds is 2. The van der Waals surface area contributed by atoms with Gasteiger partial charge in [0.05, 0.1) is 0 Å². The Balaban J connectivity index is 2.82. The number of hydrogen-bond donors (Lipinski definition) is 0. The summed E-state index contributed by atoms with van der Waals surface area (Å²) < 4.78 is 13.5. The van der Waals surface area contributed by atoms with E-state index in [2.05, 4.69) is 4.90 Å². The first-order chi connectivity index (χ1) is 5.59. The van der Waals surface area contributed by atoms with E-state index in [1.165, 1.54) is 6.07 Å². The summed E-state index contributed by atoms with van der Waals surface area (Å²) in [6.45, 7) is 0.857. The molecule has 0 aliphatic heterocycles. The van der Waals surface area contributed by atoms with Crippen LogP contribution in [0.3, 0.4) is 0 Å². The first-order valence-corrected chi connectivity index (χ1v) is 4.76. The van der Waals surface area contributed by atoms with Crippen molar-refractivity contribution in [2.45, 2.75) is 6.54 Å². The molecule has 1 rings (SSSR count). The molecule has 0 aliphatic carbocycles. The molecule has 0 fully saturated rings. The Bertz CT molecular complexity index is 273. The molecule has 3 heteroatoms. The zero-order valence-electron chi connectivity index (χ0n) is 7.14. The van der Waals surface area contributed by atoms with Gasteiger partial charge in [0, 0.05) is 10.1 Å². The Morgan fingerprint density at radius 2 is 2.08 bits per heavy atom. The van der Waals surface area contributed by atoms with Crippen LogP contribution >= 0.6 is 22.6 Å². The summed E-state index contributed by atoms with van der Waals surface area (Å²) in [6, 6.07) is 5.20. The molecule has 0 saturated heterocycles. The molecule has 0 unspecified atom stereocenters. The van der Waals surface area contributed by atoms with Crippen molar-refractivity contribution in [1.29, 1.82) is 0 Å². The highest BCUT2D eigenvalue weighted by molar-refractivity contribution is 14.1. The van der Waals surface area contributed by atoms with E-state index in [1.807, 2.05) is 48.8 Å². The van der Waals surface area contributed by atoms with Crippen molar-refractivity contribution in [2.24, 2.45) is 0 Å². The Morgan fingerprint density at radius 1 is 1.42 bits per heavy atom. The van der Waals surface area contributed by atoms with E-state index in [-0.39, 0.29) is 5.82 Å². The van der Waals surface area contributed by atoms with Gasteiger partial charge in [-0.15, -0.1) is 0 Å². The highest BCUT2D eigenvalue weighted by atomic mass is 127. The van der Waals surface area contributed by atoms with Crippen LogP contribution in [-0.2, 0) is 6.54 Å². The molecule has 0 saturated carbocycles. The van der Waals surface area contributed by atoms with Gasteiger partial charge in [-0.05, 0) is 54.4 Å². The van der Waals surface area contributed by atoms with Gasteiger partial charge in [-0.3, -0.25) is 0 Å². The molecule has 1 aromatic rings. The van der Waals surface area contributed by atoms with Gasteiger partial charge in [0.15, 0.2) is 0 Å². The minimum atomic E-state index is -0.141. The molecular formula is C9H11FIN. The summed E-state index contributed by atoms with van der Waals surface area (Å²) in [5.74, 6) is -0.141. The lowest BCUT2D eigenvalue weighted by atomic mass is 10.2. The van der Waals surface area contributed by atoms with Gasteiger partial charge < -0.3 is 4.90 Å². The second-order valence-corrected chi connectivity index (χ2v) is 4.15. The molecule has 0 aliphatic rings. The standard InChI is InChI=1S/C9H11FIN/c1-12(2)6-7-3-4-8(10)9(11)5-7/h3-5H,6H2,1-2H3. The van der Waals surface area contributed by atoms with Crippen molar-refractivity contribution < 1.29 is 4.39 Å². The van der Waals surface area contributed by atoms with Gasteiger partial charge >= 0.3 is 0 Å². The third kappa shape index (κ3) is 2.71. The van der Waals surface area contributed by atoms with E-state index in [9.17, 15) is 4.39 Å². The van der Waals surface area contributed by atoms with Gasteiger partial charge in [-0.2, -0.15) is 0 Å². The summed E-state index contributed by atoms with van der Waals surface area (Å²) in [7, 11) is 3.99. The summed E-state index contributed by atoms with van der Waals surface area (Å²) in [5, 5.41) is 0. The molecule has 0 N–H and O–H groups in total. The second kappa shape index (κ2) is 4.18. The average molecular weight is 279 g/mol. The van der Waals surface area contributed by atoms with Crippen LogP contribution in [0.4, 0.5) is 4.39 Å². The zero-order chi connectivity index (χ0) is 9.14. The summed E-state index contributed by atoms with van der Waals surface area (Å²) in [6.07, 6.45) is 0. The highest BCUT2D eigenvalue weighted by Crippen LogP contribution is 2.13. The summed E-state index contributed by atoms with van der Waals surface area (Å²) in [4.78, 5) is 2.06. The van der Waals surface area contributed by atoms with Crippen LogP contribution in [0.2, 0.25) is 0 Å². The Kier molecular flexibility index (Phi) is 3.46. The molecule has 0 aromatic heterocycles. The van der Waals surface area contributed by atoms with Gasteiger partial charge in [-0.1, -0.05) is 6.07 Å². The number of hydrogen-bond acceptors (Lipinski definition) is 1. The van der Waals surface area contributed by atoms with Crippen LogP contribution in [0.1, 0.15) is 5.56 Å². The molecule has 0 bridgehead atoms. The second-order valence-electron chi connectivity index (χ2n) is 2.99. The molecule has 1 nitrogen and oxygen atoms in total. The smallest absolute Gasteiger partial charge is 0.136 e. The van der Waals surface area contributed by atoms with Crippen molar-refractivity contribution >= 4 is 22.6 Å². The molecule has 0 amide bonds. The van der Waals surface area contributed by atoms with Crippen LogP contribution < -0.4 is 0 Å². The monoisotopic (exact) mass is 279 g/mol. The molecular weight excluding hydrogens is 268 g/mol. The Labute approximate surface area is 85.7 Å². The third-order valence-corrected chi connectivity index (χ3v) is 2.31. The molecule has 0 atom stereocenters. The van der Waals surface area contributed by atoms with E-state index >= 15 is 0 Å². The minimum absolute atomic E-state index is 0.141. The lowest BCUT2D eigenvalue weighted by molar-refractivity contribution is 0.402. The fourth-order valence-electron chi connectivity index (χ4n) is 1.00. The third-order valence-electron chi connectivity index (χ3n) is 1.48. The van der Waals surface area contributed by atoms with Crippen LogP contribution in [0.15, 0.2) is 18.2 Å². The Hall–Kier alpha value is -0.160. The molecule has 1 aromatic carbocycles. The van der Waals surface area contributed by atoms with Crippen LogP contribution in [0.5, 0.6) is 0 Å². The fourth-order valence-corrected chi connectivity index (χ4v) is 1.58. The van der Waals surface area contributed by atoms with Gasteiger partial charge in [0.25, 0.3) is 0 Å². The van der Waals surface area contributed by atoms with Crippen molar-refractivity contribution in [1.82, 2.24) is 4.90 Å². The fraction of sp³-hybridized carbons (Fsp3) is 0.333. The highest BCUT2D eigenvalue weighted by Gasteiger charge is 2.00. The largest absolute Gasteiger partial charge is 0.305 e. The van der Waals surface area contributed by atoms with E-state index in [0.29, 0.717) is 3.57 Å². The minimum Gasteiger partial charge on any atom is -0.305 e. The van der Waals surface area contributed by atoms with Crippen LogP contribution in [-0.4, -0.2) is 19.0 Å². The van der Waals surface area contributed by atoms with E-state index in [1.54, 1.807) is 0 Å². The van der Waals surface area contributed by atoms with Crippen LogP contribution in [0.25, 0.3) is 0 Å². The normalized spacial score (nSPS) is 10.8. The number of halogens is 2. The molecule has 0 heterocycles. The van der Waals surface area contributed by atoms with E-state index in [4.69, 9.17) is 0 Å². The first-order valence-electron chi connectivity index (χ1n) is 3.68. The zero-order valence-corrected chi connectivity index (χ0v) is 9.30. The lowest BCUT2D eigenvalue weighted by Gasteiger charge is -2.09. The first kappa shape index (κ1) is 9.92. The van der Waals surface area contributed by atoms with Crippen LogP contribution in [0, 0.1) is 9.39 Å². The summed E-state index contributed by atoms with van der Waals surface area (Å²) in [5.41, 5.74) is 1.14. The maximum atomic E-state index is 12.8. The Morgan fingerprint density at radius 3 is 2.58 bits per heavy atom. The molecule has 12 heavy (non-hydrogen) atoms. The predicted octanol–water partition coefficient (Wildman–Crippen LogP) is 2.49. The van der Waals surface area contributed by atoms with Crippen molar-refractivity contribution in [3.8, 4) is 0 Å². The van der Waals surface area contributed by atoms with E-state index < -0.39 is 0 Å². The van der Waals surface area contributed by atoms with Gasteiger partial charge in [0.2, 0.25) is 0 Å². The lowest BCUT2D eigenvalue weighted by Crippen LogP contribution is -2.10. The molecule has 66 valence electrons. The predicted molar refractivity (Wildman–Crippen MR) is 56.5 cm³/mol. The maximum absolute atomic E-state index is 12.8. The SMILES string of the molecule is CN(C)Cc1ccc(F)c(I)c1. The topological polar surface area (TPSA) is 3.24 Å². The maximum Gasteiger partial charge on any atom is 0.136 e. The average Bonchev–Trinajstić information content (AvgIpc) is 1.96. The van der Waals surface area contributed by atoms with E-state index in [0.717, 1.165) is 12.1 Å². The van der Waals surface area contributed by atoms with Crippen molar-refractivity contribution in [3.05, 3.63) is 33.1 Å². The summed E-state index contributed by atoms with van der Waals surface area (Å²) >= 11 is 2.00. The number of benzene rings is 1. The molecule has 0 spiro atoms. The number of nitrogens with zero attached hydrogens (tertiary/aromatic N) is 1. The van der Waals surface area contributed by atoms with Crippen molar-refractivity contribution in [3.63, 3.8) is 0 Å². The van der Waals surface area contributed by atoms with Gasteiger partial charge in [0.1, 0.15) is 5.82 Å². The quantitative estimate of drug-likeness (QED) is 0.752. The molecule has 0 radical (unpaired) electrons. The van der Waals surface area contributed by atoms with Gasteiger partial charge in [-0.25, -0.2) is 4.39 Å². The van der Waals surface area contributed by atoms with Crippen molar-refractivity contribution in [2.75, 3.05) is 14.1 Å².